The first-order valence-corrected chi connectivity index (χ1v) is 8.17. The van der Waals surface area contributed by atoms with E-state index in [9.17, 15) is 14.0 Å². The molecule has 0 unspecified atom stereocenters. The fourth-order valence-corrected chi connectivity index (χ4v) is 2.45. The predicted molar refractivity (Wildman–Crippen MR) is 93.0 cm³/mol. The standard InChI is InChI=1S/C16H16FN3O4S/c1-3-6-24-12-5-4-10(7-11(12)17)9-18-20-16-19-15(22)13(25-16)8-14(21)23-2/h4-5,7-9H,3,6H2,1-2H3,(H,19,20,22)/b13-8+,18-9?. The van der Waals surface area contributed by atoms with Crippen molar-refractivity contribution in [2.24, 2.45) is 10.2 Å². The van der Waals surface area contributed by atoms with E-state index in [0.717, 1.165) is 24.3 Å². The Hall–Kier alpha value is -2.68. The zero-order chi connectivity index (χ0) is 18.2. The van der Waals surface area contributed by atoms with Crippen LogP contribution in [0.4, 0.5) is 4.39 Å². The fraction of sp³-hybridized carbons (Fsp3) is 0.250. The van der Waals surface area contributed by atoms with Crippen LogP contribution in [-0.4, -0.2) is 37.0 Å². The van der Waals surface area contributed by atoms with Gasteiger partial charge in [-0.1, -0.05) is 6.92 Å². The number of amides is 1. The van der Waals surface area contributed by atoms with E-state index in [0.29, 0.717) is 12.2 Å². The van der Waals surface area contributed by atoms with E-state index in [4.69, 9.17) is 4.74 Å². The predicted octanol–water partition coefficient (Wildman–Crippen LogP) is 2.22. The minimum atomic E-state index is -0.636. The number of esters is 1. The van der Waals surface area contributed by atoms with E-state index >= 15 is 0 Å². The quantitative estimate of drug-likeness (QED) is 0.361. The number of halogens is 1. The average Bonchev–Trinajstić information content (AvgIpc) is 2.93. The third-order valence-corrected chi connectivity index (χ3v) is 3.77. The van der Waals surface area contributed by atoms with Gasteiger partial charge < -0.3 is 9.47 Å². The van der Waals surface area contributed by atoms with Crippen molar-refractivity contribution in [3.05, 3.63) is 40.6 Å². The maximum Gasteiger partial charge on any atom is 0.331 e. The lowest BCUT2D eigenvalue weighted by atomic mass is 10.2. The van der Waals surface area contributed by atoms with Gasteiger partial charge in [-0.15, -0.1) is 5.10 Å². The minimum absolute atomic E-state index is 0.157. The van der Waals surface area contributed by atoms with Crippen LogP contribution in [0.2, 0.25) is 0 Å². The molecule has 25 heavy (non-hydrogen) atoms. The summed E-state index contributed by atoms with van der Waals surface area (Å²) in [6.45, 7) is 2.38. The molecule has 9 heteroatoms. The average molecular weight is 365 g/mol. The maximum absolute atomic E-state index is 13.8. The van der Waals surface area contributed by atoms with Gasteiger partial charge in [0.05, 0.1) is 24.8 Å². The van der Waals surface area contributed by atoms with Crippen molar-refractivity contribution >= 4 is 35.0 Å². The van der Waals surface area contributed by atoms with Crippen molar-refractivity contribution in [2.45, 2.75) is 13.3 Å². The van der Waals surface area contributed by atoms with Crippen LogP contribution in [0.5, 0.6) is 5.75 Å². The number of hydrogen-bond acceptors (Lipinski definition) is 7. The summed E-state index contributed by atoms with van der Waals surface area (Å²) in [5.41, 5.74) is 0.491. The van der Waals surface area contributed by atoms with Gasteiger partial charge >= 0.3 is 5.97 Å². The Morgan fingerprint density at radius 1 is 1.44 bits per heavy atom. The highest BCUT2D eigenvalue weighted by atomic mass is 32.2. The van der Waals surface area contributed by atoms with E-state index < -0.39 is 17.7 Å². The van der Waals surface area contributed by atoms with Crippen LogP contribution in [0.25, 0.3) is 0 Å². The number of nitrogens with one attached hydrogen (secondary N) is 1. The summed E-state index contributed by atoms with van der Waals surface area (Å²) in [5.74, 6) is -1.41. The summed E-state index contributed by atoms with van der Waals surface area (Å²) >= 11 is 0.954. The van der Waals surface area contributed by atoms with Crippen LogP contribution >= 0.6 is 11.8 Å². The lowest BCUT2D eigenvalue weighted by Gasteiger charge is -2.05. The first-order chi connectivity index (χ1) is 12.0. The summed E-state index contributed by atoms with van der Waals surface area (Å²) in [5, 5.41) is 10.3. The summed E-state index contributed by atoms with van der Waals surface area (Å²) in [6.07, 6.45) is 3.20. The van der Waals surface area contributed by atoms with E-state index in [2.05, 4.69) is 20.3 Å². The molecule has 0 saturated carbocycles. The van der Waals surface area contributed by atoms with Crippen molar-refractivity contribution < 1.29 is 23.5 Å². The lowest BCUT2D eigenvalue weighted by molar-refractivity contribution is -0.135. The Bertz CT molecular complexity index is 762. The number of ether oxygens (including phenoxy) is 2. The molecular weight excluding hydrogens is 349 g/mol. The third kappa shape index (κ3) is 5.42. The van der Waals surface area contributed by atoms with Gasteiger partial charge in [0.1, 0.15) is 0 Å². The van der Waals surface area contributed by atoms with Crippen LogP contribution in [0, 0.1) is 5.82 Å². The molecule has 132 valence electrons. The second kappa shape index (κ2) is 8.97. The van der Waals surface area contributed by atoms with E-state index in [1.165, 1.54) is 25.5 Å². The maximum atomic E-state index is 13.8. The first-order valence-electron chi connectivity index (χ1n) is 7.35. The van der Waals surface area contributed by atoms with Gasteiger partial charge in [0.25, 0.3) is 5.91 Å². The zero-order valence-corrected chi connectivity index (χ0v) is 14.4. The molecule has 1 amide bonds. The number of amidine groups is 1. The Kier molecular flexibility index (Phi) is 6.70. The largest absolute Gasteiger partial charge is 0.491 e. The van der Waals surface area contributed by atoms with Gasteiger partial charge in [0.15, 0.2) is 16.7 Å². The Morgan fingerprint density at radius 2 is 2.24 bits per heavy atom. The van der Waals surface area contributed by atoms with Gasteiger partial charge in [0, 0.05) is 6.08 Å². The molecule has 0 aliphatic carbocycles. The van der Waals surface area contributed by atoms with Gasteiger partial charge in [-0.3, -0.25) is 10.1 Å². The highest BCUT2D eigenvalue weighted by Crippen LogP contribution is 2.23. The van der Waals surface area contributed by atoms with Gasteiger partial charge in [-0.25, -0.2) is 9.18 Å². The molecule has 1 N–H and O–H groups in total. The number of benzene rings is 1. The van der Waals surface area contributed by atoms with Crippen molar-refractivity contribution in [3.8, 4) is 5.75 Å². The van der Waals surface area contributed by atoms with Crippen molar-refractivity contribution in [3.63, 3.8) is 0 Å². The normalized spacial score (nSPS) is 17.3. The van der Waals surface area contributed by atoms with E-state index in [-0.39, 0.29) is 15.8 Å². The zero-order valence-electron chi connectivity index (χ0n) is 13.6. The summed E-state index contributed by atoms with van der Waals surface area (Å²) in [6, 6.07) is 4.43. The second-order valence-electron chi connectivity index (χ2n) is 4.78. The number of nitrogens with zero attached hydrogens (tertiary/aromatic N) is 2. The fourth-order valence-electron chi connectivity index (χ4n) is 1.72. The topological polar surface area (TPSA) is 89.4 Å². The van der Waals surface area contributed by atoms with E-state index in [1.807, 2.05) is 6.92 Å². The first kappa shape index (κ1) is 18.7. The molecule has 0 radical (unpaired) electrons. The number of rotatable bonds is 6. The Balaban J connectivity index is 2.02. The molecule has 0 aromatic heterocycles. The number of methoxy groups -OCH3 is 1. The number of carbonyl (C=O) groups is 2. The van der Waals surface area contributed by atoms with Crippen LogP contribution in [0.1, 0.15) is 18.9 Å². The van der Waals surface area contributed by atoms with Crippen LogP contribution in [0.3, 0.4) is 0 Å². The molecule has 1 heterocycles. The van der Waals surface area contributed by atoms with Crippen LogP contribution in [-0.2, 0) is 14.3 Å². The molecule has 7 nitrogen and oxygen atoms in total. The van der Waals surface area contributed by atoms with Crippen LogP contribution < -0.4 is 10.1 Å². The Labute approximate surface area is 148 Å². The van der Waals surface area contributed by atoms with Gasteiger partial charge in [0.2, 0.25) is 0 Å². The molecular formula is C16H16FN3O4S. The molecule has 1 aliphatic heterocycles. The van der Waals surface area contributed by atoms with Crippen molar-refractivity contribution in [2.75, 3.05) is 13.7 Å². The number of hydrogen-bond donors (Lipinski definition) is 1. The molecule has 1 aromatic carbocycles. The number of carbonyl (C=O) groups excluding carboxylic acids is 2. The summed E-state index contributed by atoms with van der Waals surface area (Å²) in [7, 11) is 1.22. The molecule has 0 bridgehead atoms. The minimum Gasteiger partial charge on any atom is -0.491 e. The van der Waals surface area contributed by atoms with Crippen LogP contribution in [0.15, 0.2) is 39.4 Å². The Morgan fingerprint density at radius 3 is 2.92 bits per heavy atom. The monoisotopic (exact) mass is 365 g/mol. The molecule has 1 saturated heterocycles. The second-order valence-corrected chi connectivity index (χ2v) is 5.81. The summed E-state index contributed by atoms with van der Waals surface area (Å²) < 4.78 is 23.5. The lowest BCUT2D eigenvalue weighted by Crippen LogP contribution is -2.19. The van der Waals surface area contributed by atoms with Crippen molar-refractivity contribution in [1.82, 2.24) is 5.32 Å². The number of thioether (sulfide) groups is 1. The SMILES string of the molecule is CCCOc1ccc(C=N/N=C2/NC(=O)/C(=C\C(=O)OC)S2)cc1F. The molecule has 1 aliphatic rings. The summed E-state index contributed by atoms with van der Waals surface area (Å²) in [4.78, 5) is 22.9. The molecule has 2 rings (SSSR count). The third-order valence-electron chi connectivity index (χ3n) is 2.87. The molecule has 1 fully saturated rings. The van der Waals surface area contributed by atoms with Gasteiger partial charge in [-0.2, -0.15) is 5.10 Å². The van der Waals surface area contributed by atoms with Crippen molar-refractivity contribution in [1.29, 1.82) is 0 Å². The molecule has 0 atom stereocenters. The highest BCUT2D eigenvalue weighted by Gasteiger charge is 2.24. The smallest absolute Gasteiger partial charge is 0.331 e. The molecule has 0 spiro atoms. The highest BCUT2D eigenvalue weighted by molar-refractivity contribution is 8.18. The van der Waals surface area contributed by atoms with Gasteiger partial charge in [-0.05, 0) is 41.9 Å². The van der Waals surface area contributed by atoms with E-state index in [1.54, 1.807) is 6.07 Å². The molecule has 1 aromatic rings.